The molecule has 1 aromatic heterocycles. The van der Waals surface area contributed by atoms with Crippen LogP contribution in [-0.4, -0.2) is 46.0 Å². The van der Waals surface area contributed by atoms with Gasteiger partial charge < -0.3 is 15.0 Å². The van der Waals surface area contributed by atoms with Crippen molar-refractivity contribution >= 4 is 11.8 Å². The number of nitrogens with zero attached hydrogens (tertiary/aromatic N) is 2. The molecule has 2 aromatic rings. The summed E-state index contributed by atoms with van der Waals surface area (Å²) in [5.41, 5.74) is 0.802. The van der Waals surface area contributed by atoms with Gasteiger partial charge in [0.05, 0.1) is 5.69 Å². The van der Waals surface area contributed by atoms with Crippen LogP contribution < -0.4 is 10.1 Å². The Kier molecular flexibility index (Phi) is 4.97. The topological polar surface area (TPSA) is 87.3 Å². The molecule has 2 N–H and O–H groups in total. The first-order valence-corrected chi connectivity index (χ1v) is 8.04. The maximum atomic E-state index is 13.5. The summed E-state index contributed by atoms with van der Waals surface area (Å²) < 4.78 is 18.9. The van der Waals surface area contributed by atoms with Crippen molar-refractivity contribution in [3.63, 3.8) is 0 Å². The van der Waals surface area contributed by atoms with Crippen molar-refractivity contribution in [3.05, 3.63) is 47.5 Å². The minimum absolute atomic E-state index is 0.0663. The summed E-state index contributed by atoms with van der Waals surface area (Å²) in [5.74, 6) is -0.634. The third-order valence-electron chi connectivity index (χ3n) is 4.04. The second kappa shape index (κ2) is 7.33. The minimum atomic E-state index is -0.450. The molecular formula is C17H19FN4O3. The van der Waals surface area contributed by atoms with Crippen LogP contribution in [0.25, 0.3) is 0 Å². The van der Waals surface area contributed by atoms with E-state index in [1.54, 1.807) is 23.1 Å². The van der Waals surface area contributed by atoms with Crippen molar-refractivity contribution in [1.29, 1.82) is 0 Å². The molecule has 0 unspecified atom stereocenters. The Morgan fingerprint density at radius 2 is 2.24 bits per heavy atom. The normalized spacial score (nSPS) is 17.8. The van der Waals surface area contributed by atoms with Crippen LogP contribution in [0, 0.1) is 5.82 Å². The second-order valence-electron chi connectivity index (χ2n) is 5.90. The zero-order valence-corrected chi connectivity index (χ0v) is 13.8. The van der Waals surface area contributed by atoms with E-state index in [-0.39, 0.29) is 42.3 Å². The van der Waals surface area contributed by atoms with Crippen LogP contribution in [0.3, 0.4) is 0 Å². The number of hydrogen-bond donors (Lipinski definition) is 2. The number of aromatic nitrogens is 2. The molecule has 1 aromatic carbocycles. The number of ether oxygens (including phenoxy) is 1. The summed E-state index contributed by atoms with van der Waals surface area (Å²) in [6.45, 7) is 2.70. The first-order chi connectivity index (χ1) is 12.0. The van der Waals surface area contributed by atoms with Gasteiger partial charge in [0.2, 0.25) is 5.91 Å². The molecule has 1 saturated heterocycles. The molecule has 0 radical (unpaired) electrons. The van der Waals surface area contributed by atoms with Gasteiger partial charge in [-0.1, -0.05) is 12.1 Å². The van der Waals surface area contributed by atoms with Gasteiger partial charge in [0.1, 0.15) is 6.61 Å². The SMILES string of the molecule is C[C@@H]1CNC(=O)CCN1C(=O)c1cc(COc2ccccc2F)[nH]n1. The highest BCUT2D eigenvalue weighted by atomic mass is 19.1. The lowest BCUT2D eigenvalue weighted by Gasteiger charge is -2.25. The Hall–Kier alpha value is -2.90. The van der Waals surface area contributed by atoms with Crippen molar-refractivity contribution in [2.24, 2.45) is 0 Å². The zero-order valence-electron chi connectivity index (χ0n) is 13.8. The van der Waals surface area contributed by atoms with Crippen LogP contribution in [0.5, 0.6) is 5.75 Å². The van der Waals surface area contributed by atoms with Crippen LogP contribution in [0.1, 0.15) is 29.5 Å². The lowest BCUT2D eigenvalue weighted by atomic mass is 10.2. The Balaban J connectivity index is 1.65. The molecule has 0 bridgehead atoms. The molecule has 3 rings (SSSR count). The number of nitrogens with one attached hydrogen (secondary N) is 2. The van der Waals surface area contributed by atoms with Gasteiger partial charge in [-0.2, -0.15) is 5.10 Å². The highest BCUT2D eigenvalue weighted by Crippen LogP contribution is 2.17. The van der Waals surface area contributed by atoms with Gasteiger partial charge in [-0.3, -0.25) is 14.7 Å². The monoisotopic (exact) mass is 346 g/mol. The molecule has 132 valence electrons. The summed E-state index contributed by atoms with van der Waals surface area (Å²) in [6, 6.07) is 7.56. The van der Waals surface area contributed by atoms with Gasteiger partial charge in [0.25, 0.3) is 5.91 Å². The van der Waals surface area contributed by atoms with Crippen molar-refractivity contribution < 1.29 is 18.7 Å². The summed E-state index contributed by atoms with van der Waals surface area (Å²) >= 11 is 0. The van der Waals surface area contributed by atoms with Crippen molar-refractivity contribution in [2.75, 3.05) is 13.1 Å². The maximum absolute atomic E-state index is 13.5. The van der Waals surface area contributed by atoms with E-state index >= 15 is 0 Å². The Labute approximate surface area is 144 Å². The van der Waals surface area contributed by atoms with Crippen LogP contribution in [0.4, 0.5) is 4.39 Å². The average Bonchev–Trinajstić information content (AvgIpc) is 3.01. The van der Waals surface area contributed by atoms with Crippen LogP contribution >= 0.6 is 0 Å². The highest BCUT2D eigenvalue weighted by molar-refractivity contribution is 5.93. The van der Waals surface area contributed by atoms with Crippen molar-refractivity contribution in [1.82, 2.24) is 20.4 Å². The fraction of sp³-hybridized carbons (Fsp3) is 0.353. The Morgan fingerprint density at radius 1 is 1.44 bits per heavy atom. The number of aromatic amines is 1. The molecule has 2 heterocycles. The average molecular weight is 346 g/mol. The molecule has 8 heteroatoms. The number of carbonyl (C=O) groups excluding carboxylic acids is 2. The van der Waals surface area contributed by atoms with Crippen LogP contribution in [0.15, 0.2) is 30.3 Å². The summed E-state index contributed by atoms with van der Waals surface area (Å²) in [5, 5.41) is 9.50. The minimum Gasteiger partial charge on any atom is -0.484 e. The third kappa shape index (κ3) is 3.96. The van der Waals surface area contributed by atoms with E-state index in [0.717, 1.165) is 0 Å². The summed E-state index contributed by atoms with van der Waals surface area (Å²) in [4.78, 5) is 25.7. The number of carbonyl (C=O) groups is 2. The van der Waals surface area contributed by atoms with E-state index in [2.05, 4.69) is 15.5 Å². The van der Waals surface area contributed by atoms with Gasteiger partial charge in [0.15, 0.2) is 17.3 Å². The van der Waals surface area contributed by atoms with E-state index in [1.807, 2.05) is 6.92 Å². The van der Waals surface area contributed by atoms with Crippen LogP contribution in [-0.2, 0) is 11.4 Å². The summed E-state index contributed by atoms with van der Waals surface area (Å²) in [7, 11) is 0. The fourth-order valence-corrected chi connectivity index (χ4v) is 2.61. The van der Waals surface area contributed by atoms with Gasteiger partial charge in [0, 0.05) is 25.6 Å². The highest BCUT2D eigenvalue weighted by Gasteiger charge is 2.26. The predicted octanol–water partition coefficient (Wildman–Crippen LogP) is 1.48. The zero-order chi connectivity index (χ0) is 17.8. The number of H-pyrrole nitrogens is 1. The number of rotatable bonds is 4. The molecule has 2 amide bonds. The molecule has 7 nitrogen and oxygen atoms in total. The molecule has 1 atom stereocenters. The Morgan fingerprint density at radius 3 is 3.04 bits per heavy atom. The number of para-hydroxylation sites is 1. The van der Waals surface area contributed by atoms with E-state index in [4.69, 9.17) is 4.74 Å². The number of benzene rings is 1. The second-order valence-corrected chi connectivity index (χ2v) is 5.90. The van der Waals surface area contributed by atoms with E-state index < -0.39 is 5.82 Å². The van der Waals surface area contributed by atoms with Crippen molar-refractivity contribution in [3.8, 4) is 5.75 Å². The number of hydrogen-bond acceptors (Lipinski definition) is 4. The fourth-order valence-electron chi connectivity index (χ4n) is 2.61. The van der Waals surface area contributed by atoms with E-state index in [1.165, 1.54) is 12.1 Å². The maximum Gasteiger partial charge on any atom is 0.274 e. The van der Waals surface area contributed by atoms with Gasteiger partial charge in [-0.05, 0) is 25.1 Å². The first-order valence-electron chi connectivity index (χ1n) is 8.04. The van der Waals surface area contributed by atoms with E-state index in [0.29, 0.717) is 18.8 Å². The third-order valence-corrected chi connectivity index (χ3v) is 4.04. The predicted molar refractivity (Wildman–Crippen MR) is 87.4 cm³/mol. The Bertz CT molecular complexity index is 777. The molecule has 0 saturated carbocycles. The first kappa shape index (κ1) is 16.9. The van der Waals surface area contributed by atoms with Crippen molar-refractivity contribution in [2.45, 2.75) is 26.0 Å². The van der Waals surface area contributed by atoms with Gasteiger partial charge in [-0.25, -0.2) is 4.39 Å². The lowest BCUT2D eigenvalue weighted by Crippen LogP contribution is -2.42. The molecule has 0 spiro atoms. The molecule has 1 aliphatic heterocycles. The lowest BCUT2D eigenvalue weighted by molar-refractivity contribution is -0.120. The van der Waals surface area contributed by atoms with Gasteiger partial charge >= 0.3 is 0 Å². The molecule has 25 heavy (non-hydrogen) atoms. The molecular weight excluding hydrogens is 327 g/mol. The molecule has 1 aliphatic rings. The molecule has 0 aliphatic carbocycles. The number of halogens is 1. The quantitative estimate of drug-likeness (QED) is 0.878. The van der Waals surface area contributed by atoms with Gasteiger partial charge in [-0.15, -0.1) is 0 Å². The standard InChI is InChI=1S/C17H19FN4O3/c1-11-9-19-16(23)6-7-22(11)17(24)14-8-12(20-21-14)10-25-15-5-3-2-4-13(15)18/h2-5,8,11H,6-7,9-10H2,1H3,(H,19,23)(H,20,21)/t11-/m1/s1. The largest absolute Gasteiger partial charge is 0.484 e. The van der Waals surface area contributed by atoms with Crippen LogP contribution in [0.2, 0.25) is 0 Å². The molecule has 1 fully saturated rings. The number of amides is 2. The smallest absolute Gasteiger partial charge is 0.274 e. The van der Waals surface area contributed by atoms with E-state index in [9.17, 15) is 14.0 Å². The summed E-state index contributed by atoms with van der Waals surface area (Å²) in [6.07, 6.45) is 0.268.